The Kier molecular flexibility index (Phi) is 7.19. The Labute approximate surface area is 112 Å². The van der Waals surface area contributed by atoms with Crippen molar-refractivity contribution in [2.24, 2.45) is 11.8 Å². The number of carboxylic acids is 1. The second kappa shape index (κ2) is 8.08. The number of nitriles is 1. The maximum absolute atomic E-state index is 11.6. The molecule has 0 aromatic carbocycles. The molecule has 0 aromatic heterocycles. The largest absolute Gasteiger partial charge is 0.481 e. The molecule has 0 bridgehead atoms. The van der Waals surface area contributed by atoms with Gasteiger partial charge in [-0.25, -0.2) is 4.79 Å². The van der Waals surface area contributed by atoms with Gasteiger partial charge in [-0.05, 0) is 12.8 Å². The summed E-state index contributed by atoms with van der Waals surface area (Å²) in [6.45, 7) is 3.51. The standard InChI is InChI=1S/C12H19N3O4/c1-8(5-11(17)18)4-10(16)14-12(19)15(3)7-9(2)6-13/h8-9H,4-5,7H2,1-3H3,(H,17,18)(H,14,16,19). The molecule has 3 amide bonds. The van der Waals surface area contributed by atoms with Crippen molar-refractivity contribution in [3.05, 3.63) is 0 Å². The average Bonchev–Trinajstić information content (AvgIpc) is 2.26. The highest BCUT2D eigenvalue weighted by atomic mass is 16.4. The lowest BCUT2D eigenvalue weighted by molar-refractivity contribution is -0.138. The highest BCUT2D eigenvalue weighted by Crippen LogP contribution is 2.07. The van der Waals surface area contributed by atoms with Gasteiger partial charge in [0.1, 0.15) is 0 Å². The van der Waals surface area contributed by atoms with E-state index in [0.29, 0.717) is 0 Å². The van der Waals surface area contributed by atoms with Crippen molar-refractivity contribution < 1.29 is 19.5 Å². The first-order valence-corrected chi connectivity index (χ1v) is 5.92. The molecule has 2 unspecified atom stereocenters. The van der Waals surface area contributed by atoms with Crippen LogP contribution in [0, 0.1) is 23.2 Å². The Hall–Kier alpha value is -2.10. The second-order valence-corrected chi connectivity index (χ2v) is 4.67. The van der Waals surface area contributed by atoms with Gasteiger partial charge in [0, 0.05) is 26.4 Å². The number of hydrogen-bond acceptors (Lipinski definition) is 4. The summed E-state index contributed by atoms with van der Waals surface area (Å²) in [5, 5.41) is 19.3. The molecule has 0 rings (SSSR count). The van der Waals surface area contributed by atoms with E-state index in [9.17, 15) is 14.4 Å². The molecule has 0 saturated heterocycles. The Bertz CT molecular complexity index is 389. The van der Waals surface area contributed by atoms with Gasteiger partial charge in [0.25, 0.3) is 0 Å². The van der Waals surface area contributed by atoms with Crippen LogP contribution in [0.1, 0.15) is 26.7 Å². The van der Waals surface area contributed by atoms with Crippen molar-refractivity contribution >= 4 is 17.9 Å². The molecular formula is C12H19N3O4. The number of amides is 3. The second-order valence-electron chi connectivity index (χ2n) is 4.67. The van der Waals surface area contributed by atoms with Crippen molar-refractivity contribution in [1.29, 1.82) is 5.26 Å². The number of aliphatic carboxylic acids is 1. The van der Waals surface area contributed by atoms with E-state index in [0.717, 1.165) is 0 Å². The molecule has 0 aromatic rings. The molecule has 0 fully saturated rings. The first-order chi connectivity index (χ1) is 8.76. The fourth-order valence-corrected chi connectivity index (χ4v) is 1.49. The zero-order valence-corrected chi connectivity index (χ0v) is 11.3. The van der Waals surface area contributed by atoms with Crippen LogP contribution in [0.5, 0.6) is 0 Å². The minimum atomic E-state index is -0.980. The van der Waals surface area contributed by atoms with Crippen molar-refractivity contribution in [2.45, 2.75) is 26.7 Å². The van der Waals surface area contributed by atoms with E-state index in [1.54, 1.807) is 13.8 Å². The van der Waals surface area contributed by atoms with Crippen LogP contribution in [0.4, 0.5) is 4.79 Å². The van der Waals surface area contributed by atoms with Gasteiger partial charge >= 0.3 is 12.0 Å². The van der Waals surface area contributed by atoms with Crippen LogP contribution in [0.3, 0.4) is 0 Å². The average molecular weight is 269 g/mol. The number of urea groups is 1. The van der Waals surface area contributed by atoms with Crippen LogP contribution in [-0.4, -0.2) is 41.5 Å². The molecule has 2 N–H and O–H groups in total. The highest BCUT2D eigenvalue weighted by Gasteiger charge is 2.17. The zero-order chi connectivity index (χ0) is 15.0. The van der Waals surface area contributed by atoms with E-state index in [4.69, 9.17) is 10.4 Å². The molecule has 7 heteroatoms. The summed E-state index contributed by atoms with van der Waals surface area (Å²) in [6, 6.07) is 1.40. The number of rotatable bonds is 6. The molecule has 0 radical (unpaired) electrons. The number of imide groups is 1. The van der Waals surface area contributed by atoms with E-state index >= 15 is 0 Å². The predicted octanol–water partition coefficient (Wildman–Crippen LogP) is 0.815. The third kappa shape index (κ3) is 7.76. The smallest absolute Gasteiger partial charge is 0.323 e. The molecule has 0 aliphatic carbocycles. The summed E-state index contributed by atoms with van der Waals surface area (Å²) in [5.74, 6) is -2.16. The van der Waals surface area contributed by atoms with E-state index in [2.05, 4.69) is 5.32 Å². The van der Waals surface area contributed by atoms with Crippen LogP contribution < -0.4 is 5.32 Å². The first-order valence-electron chi connectivity index (χ1n) is 5.92. The topological polar surface area (TPSA) is 111 Å². The lowest BCUT2D eigenvalue weighted by Crippen LogP contribution is -2.42. The molecule has 7 nitrogen and oxygen atoms in total. The highest BCUT2D eigenvalue weighted by molar-refractivity contribution is 5.94. The molecule has 19 heavy (non-hydrogen) atoms. The van der Waals surface area contributed by atoms with Crippen LogP contribution in [0.2, 0.25) is 0 Å². The first kappa shape index (κ1) is 16.9. The number of carboxylic acid groups (broad SMARTS) is 1. The monoisotopic (exact) mass is 269 g/mol. The molecule has 2 atom stereocenters. The van der Waals surface area contributed by atoms with Crippen LogP contribution in [0.15, 0.2) is 0 Å². The molecule has 0 spiro atoms. The fourth-order valence-electron chi connectivity index (χ4n) is 1.49. The molecular weight excluding hydrogens is 250 g/mol. The van der Waals surface area contributed by atoms with Gasteiger partial charge in [0.2, 0.25) is 5.91 Å². The third-order valence-corrected chi connectivity index (χ3v) is 2.42. The van der Waals surface area contributed by atoms with Gasteiger partial charge in [-0.3, -0.25) is 14.9 Å². The number of hydrogen-bond donors (Lipinski definition) is 2. The summed E-state index contributed by atoms with van der Waals surface area (Å²) in [5.41, 5.74) is 0. The van der Waals surface area contributed by atoms with Crippen molar-refractivity contribution in [3.8, 4) is 6.07 Å². The molecule has 0 aliphatic heterocycles. The summed E-state index contributed by atoms with van der Waals surface area (Å²) < 4.78 is 0. The minimum absolute atomic E-state index is 0.0281. The molecule has 0 aliphatic rings. The van der Waals surface area contributed by atoms with E-state index in [1.165, 1.54) is 11.9 Å². The van der Waals surface area contributed by atoms with Gasteiger partial charge in [-0.15, -0.1) is 0 Å². The molecule has 0 saturated carbocycles. The van der Waals surface area contributed by atoms with Gasteiger partial charge in [-0.2, -0.15) is 5.26 Å². The summed E-state index contributed by atoms with van der Waals surface area (Å²) >= 11 is 0. The van der Waals surface area contributed by atoms with E-state index in [1.807, 2.05) is 6.07 Å². The lowest BCUT2D eigenvalue weighted by Gasteiger charge is -2.18. The quantitative estimate of drug-likeness (QED) is 0.741. The Morgan fingerprint density at radius 2 is 1.89 bits per heavy atom. The van der Waals surface area contributed by atoms with E-state index in [-0.39, 0.29) is 31.2 Å². The maximum Gasteiger partial charge on any atom is 0.323 e. The van der Waals surface area contributed by atoms with Crippen molar-refractivity contribution in [3.63, 3.8) is 0 Å². The van der Waals surface area contributed by atoms with Crippen LogP contribution in [-0.2, 0) is 9.59 Å². The summed E-state index contributed by atoms with van der Waals surface area (Å²) in [6.07, 6.45) is -0.150. The Morgan fingerprint density at radius 3 is 2.37 bits per heavy atom. The normalized spacial score (nSPS) is 12.9. The lowest BCUT2D eigenvalue weighted by atomic mass is 10.0. The van der Waals surface area contributed by atoms with Crippen molar-refractivity contribution in [1.82, 2.24) is 10.2 Å². The number of nitrogens with zero attached hydrogens (tertiary/aromatic N) is 2. The van der Waals surface area contributed by atoms with Gasteiger partial charge in [0.15, 0.2) is 0 Å². The van der Waals surface area contributed by atoms with Crippen LogP contribution in [0.25, 0.3) is 0 Å². The van der Waals surface area contributed by atoms with Gasteiger partial charge in [-0.1, -0.05) is 6.92 Å². The SMILES string of the molecule is CC(C#N)CN(C)C(=O)NC(=O)CC(C)CC(=O)O. The van der Waals surface area contributed by atoms with Crippen molar-refractivity contribution in [2.75, 3.05) is 13.6 Å². The van der Waals surface area contributed by atoms with E-state index < -0.39 is 17.9 Å². The third-order valence-electron chi connectivity index (χ3n) is 2.42. The molecule has 0 heterocycles. The predicted molar refractivity (Wildman–Crippen MR) is 67.0 cm³/mol. The number of carbonyl (C=O) groups is 3. The fraction of sp³-hybridized carbons (Fsp3) is 0.667. The Balaban J connectivity index is 4.15. The Morgan fingerprint density at radius 1 is 1.32 bits per heavy atom. The summed E-state index contributed by atoms with van der Waals surface area (Å²) in [7, 11) is 1.48. The minimum Gasteiger partial charge on any atom is -0.481 e. The zero-order valence-electron chi connectivity index (χ0n) is 11.3. The molecule has 106 valence electrons. The maximum atomic E-state index is 11.6. The van der Waals surface area contributed by atoms with Gasteiger partial charge < -0.3 is 10.0 Å². The summed E-state index contributed by atoms with van der Waals surface area (Å²) in [4.78, 5) is 34.7. The number of carbonyl (C=O) groups excluding carboxylic acids is 2. The van der Waals surface area contributed by atoms with Crippen LogP contribution >= 0.6 is 0 Å². The number of nitrogens with one attached hydrogen (secondary N) is 1. The van der Waals surface area contributed by atoms with Gasteiger partial charge in [0.05, 0.1) is 12.0 Å².